The lowest BCUT2D eigenvalue weighted by Crippen LogP contribution is -2.47. The molecule has 2 saturated heterocycles. The van der Waals surface area contributed by atoms with E-state index in [9.17, 15) is 21.9 Å². The molecule has 4 heterocycles. The number of hydrogen-bond acceptors (Lipinski definition) is 11. The van der Waals surface area contributed by atoms with Crippen LogP contribution < -0.4 is 10.1 Å². The summed E-state index contributed by atoms with van der Waals surface area (Å²) in [5.41, 5.74) is 1.04. The van der Waals surface area contributed by atoms with Crippen molar-refractivity contribution < 1.29 is 36.5 Å². The van der Waals surface area contributed by atoms with Crippen LogP contribution in [0.1, 0.15) is 19.3 Å². The number of aromatic nitrogens is 3. The first-order chi connectivity index (χ1) is 20.5. The number of benzene rings is 1. The van der Waals surface area contributed by atoms with Gasteiger partial charge in [0.15, 0.2) is 9.84 Å². The number of nitrogens with one attached hydrogen (secondary N) is 1. The minimum absolute atomic E-state index is 0.00915. The molecule has 2 aliphatic rings. The third-order valence-electron chi connectivity index (χ3n) is 7.84. The molecule has 0 aliphatic carbocycles. The van der Waals surface area contributed by atoms with Crippen molar-refractivity contribution in [1.82, 2.24) is 24.4 Å². The van der Waals surface area contributed by atoms with Crippen LogP contribution in [0.15, 0.2) is 64.9 Å². The van der Waals surface area contributed by atoms with E-state index >= 15 is 0 Å². The number of sulfonamides is 1. The third kappa shape index (κ3) is 7.42. The molecule has 234 valence electrons. The number of rotatable bonds is 12. The molecule has 43 heavy (non-hydrogen) atoms. The molecule has 2 fully saturated rings. The van der Waals surface area contributed by atoms with Gasteiger partial charge in [-0.3, -0.25) is 9.67 Å². The fraction of sp³-hybridized carbons (Fsp3) is 0.500. The maximum Gasteiger partial charge on any atom is 0.244 e. The fourth-order valence-corrected chi connectivity index (χ4v) is 7.93. The van der Waals surface area contributed by atoms with Crippen molar-refractivity contribution in [3.05, 3.63) is 55.1 Å². The molecular formula is C28H37N5O8S2. The lowest BCUT2D eigenvalue weighted by Gasteiger charge is -2.38. The van der Waals surface area contributed by atoms with Gasteiger partial charge in [0.2, 0.25) is 10.0 Å². The van der Waals surface area contributed by atoms with Crippen LogP contribution in [0, 0.1) is 0 Å². The SMILES string of the molecule is Cn1cc(-c2cncc(S(=O)(=O)N3CCC4(CC3)C[C@@H](NC[C@H](O)COc3cccc(S(=O)(=O)CCO)c3)CO4)c2)cn1. The van der Waals surface area contributed by atoms with Gasteiger partial charge in [0.25, 0.3) is 0 Å². The molecule has 0 saturated carbocycles. The van der Waals surface area contributed by atoms with Crippen molar-refractivity contribution >= 4 is 19.9 Å². The standard InChI is InChI=1S/C28H37N5O8S2/c1-32-18-22(15-31-32)21-11-27(17-29-14-21)43(38,39)33-7-5-28(6-8-33)13-23(19-41-28)30-16-24(35)20-40-25-3-2-4-26(12-25)42(36,37)10-9-34/h2-4,11-12,14-15,17-18,23-24,30,34-35H,5-10,13,16,19-20H2,1H3/t23-,24+/m1/s1. The highest BCUT2D eigenvalue weighted by Crippen LogP contribution is 2.37. The van der Waals surface area contributed by atoms with Gasteiger partial charge in [0, 0.05) is 62.4 Å². The van der Waals surface area contributed by atoms with Crippen LogP contribution in [-0.4, -0.2) is 109 Å². The van der Waals surface area contributed by atoms with E-state index in [4.69, 9.17) is 14.6 Å². The number of sulfone groups is 1. The van der Waals surface area contributed by atoms with E-state index in [0.717, 1.165) is 5.56 Å². The van der Waals surface area contributed by atoms with E-state index < -0.39 is 38.2 Å². The number of aliphatic hydroxyl groups excluding tert-OH is 2. The zero-order valence-electron chi connectivity index (χ0n) is 23.9. The third-order valence-corrected chi connectivity index (χ3v) is 11.4. The molecule has 2 aliphatic heterocycles. The maximum atomic E-state index is 13.4. The first-order valence-electron chi connectivity index (χ1n) is 14.1. The Morgan fingerprint density at radius 1 is 1.12 bits per heavy atom. The first kappa shape index (κ1) is 31.5. The Kier molecular flexibility index (Phi) is 9.51. The summed E-state index contributed by atoms with van der Waals surface area (Å²) in [7, 11) is -5.54. The number of nitrogens with zero attached hydrogens (tertiary/aromatic N) is 4. The van der Waals surface area contributed by atoms with E-state index in [2.05, 4.69) is 15.4 Å². The predicted molar refractivity (Wildman–Crippen MR) is 157 cm³/mol. The molecule has 3 aromatic rings. The van der Waals surface area contributed by atoms with Gasteiger partial charge in [-0.25, -0.2) is 16.8 Å². The van der Waals surface area contributed by atoms with E-state index in [1.165, 1.54) is 22.6 Å². The predicted octanol–water partition coefficient (Wildman–Crippen LogP) is 0.590. The Labute approximate surface area is 251 Å². The monoisotopic (exact) mass is 635 g/mol. The summed E-state index contributed by atoms with van der Waals surface area (Å²) in [4.78, 5) is 4.35. The summed E-state index contributed by atoms with van der Waals surface area (Å²) >= 11 is 0. The smallest absolute Gasteiger partial charge is 0.244 e. The van der Waals surface area contributed by atoms with Crippen LogP contribution in [0.3, 0.4) is 0 Å². The Morgan fingerprint density at radius 2 is 1.91 bits per heavy atom. The molecule has 0 unspecified atom stereocenters. The minimum atomic E-state index is -3.73. The van der Waals surface area contributed by atoms with Crippen LogP contribution in [0.4, 0.5) is 0 Å². The van der Waals surface area contributed by atoms with Crippen molar-refractivity contribution in [1.29, 1.82) is 0 Å². The topological polar surface area (TPSA) is 173 Å². The normalized spacial score (nSPS) is 19.9. The first-order valence-corrected chi connectivity index (χ1v) is 17.2. The maximum absolute atomic E-state index is 13.4. The summed E-state index contributed by atoms with van der Waals surface area (Å²) < 4.78 is 66.1. The quantitative estimate of drug-likeness (QED) is 0.254. The molecule has 0 bridgehead atoms. The molecule has 1 spiro atoms. The number of piperidine rings is 1. The summed E-state index contributed by atoms with van der Waals surface area (Å²) in [5.74, 6) is -0.0671. The van der Waals surface area contributed by atoms with Gasteiger partial charge in [-0.15, -0.1) is 0 Å². The Bertz CT molecular complexity index is 1620. The number of aryl methyl sites for hydroxylation is 1. The van der Waals surface area contributed by atoms with Gasteiger partial charge in [0.05, 0.1) is 35.7 Å². The Balaban J connectivity index is 1.09. The second-order valence-corrected chi connectivity index (χ2v) is 15.0. The lowest BCUT2D eigenvalue weighted by atomic mass is 9.88. The van der Waals surface area contributed by atoms with Crippen LogP contribution in [0.25, 0.3) is 11.1 Å². The van der Waals surface area contributed by atoms with Gasteiger partial charge in [0.1, 0.15) is 23.4 Å². The average Bonchev–Trinajstić information content (AvgIpc) is 3.61. The zero-order valence-corrected chi connectivity index (χ0v) is 25.5. The molecule has 3 N–H and O–H groups in total. The average molecular weight is 636 g/mol. The van der Waals surface area contributed by atoms with Gasteiger partial charge in [-0.05, 0) is 43.5 Å². The van der Waals surface area contributed by atoms with Crippen LogP contribution in [0.5, 0.6) is 5.75 Å². The van der Waals surface area contributed by atoms with E-state index in [0.29, 0.717) is 50.3 Å². The summed E-state index contributed by atoms with van der Waals surface area (Å²) in [6, 6.07) is 7.58. The highest BCUT2D eigenvalue weighted by molar-refractivity contribution is 7.91. The van der Waals surface area contributed by atoms with E-state index in [-0.39, 0.29) is 34.7 Å². The largest absolute Gasteiger partial charge is 0.491 e. The summed E-state index contributed by atoms with van der Waals surface area (Å²) in [6.07, 6.45) is 7.42. The van der Waals surface area contributed by atoms with E-state index in [1.54, 1.807) is 48.5 Å². The number of ether oxygens (including phenoxy) is 2. The summed E-state index contributed by atoms with van der Waals surface area (Å²) in [5, 5.41) is 26.9. The number of aliphatic hydroxyl groups is 2. The number of pyridine rings is 1. The van der Waals surface area contributed by atoms with Gasteiger partial charge < -0.3 is 25.0 Å². The molecule has 15 heteroatoms. The highest BCUT2D eigenvalue weighted by Gasteiger charge is 2.44. The fourth-order valence-electron chi connectivity index (χ4n) is 5.44. The molecule has 5 rings (SSSR count). The van der Waals surface area contributed by atoms with E-state index in [1.807, 2.05) is 0 Å². The zero-order chi connectivity index (χ0) is 30.7. The van der Waals surface area contributed by atoms with Crippen molar-refractivity contribution in [2.75, 3.05) is 45.2 Å². The van der Waals surface area contributed by atoms with Gasteiger partial charge >= 0.3 is 0 Å². The second kappa shape index (κ2) is 13.0. The molecule has 2 aromatic heterocycles. The molecule has 1 aromatic carbocycles. The van der Waals surface area contributed by atoms with Crippen LogP contribution >= 0.6 is 0 Å². The molecule has 2 atom stereocenters. The van der Waals surface area contributed by atoms with Crippen LogP contribution in [-0.2, 0) is 31.6 Å². The molecular weight excluding hydrogens is 598 g/mol. The second-order valence-electron chi connectivity index (χ2n) is 11.0. The molecule has 0 radical (unpaired) electrons. The van der Waals surface area contributed by atoms with Gasteiger partial charge in [-0.1, -0.05) is 6.07 Å². The van der Waals surface area contributed by atoms with Crippen molar-refractivity contribution in [3.63, 3.8) is 0 Å². The molecule has 13 nitrogen and oxygen atoms in total. The highest BCUT2D eigenvalue weighted by atomic mass is 32.2. The Morgan fingerprint density at radius 3 is 2.63 bits per heavy atom. The minimum Gasteiger partial charge on any atom is -0.491 e. The van der Waals surface area contributed by atoms with Crippen LogP contribution in [0.2, 0.25) is 0 Å². The van der Waals surface area contributed by atoms with Crippen molar-refractivity contribution in [2.45, 2.75) is 46.8 Å². The van der Waals surface area contributed by atoms with Crippen molar-refractivity contribution in [2.24, 2.45) is 7.05 Å². The van der Waals surface area contributed by atoms with Crippen molar-refractivity contribution in [3.8, 4) is 16.9 Å². The summed E-state index contributed by atoms with van der Waals surface area (Å²) in [6.45, 7) is 0.834. The molecule has 0 amide bonds. The Hall–Kier alpha value is -2.92. The van der Waals surface area contributed by atoms with Gasteiger partial charge in [-0.2, -0.15) is 9.40 Å². The number of hydrogen-bond donors (Lipinski definition) is 3. The lowest BCUT2D eigenvalue weighted by molar-refractivity contribution is -0.0312.